The second kappa shape index (κ2) is 5.01. The minimum Gasteiger partial charge on any atom is -0.361 e. The fraction of sp³-hybridized carbons (Fsp3) is 0.222. The van der Waals surface area contributed by atoms with E-state index in [9.17, 15) is 8.42 Å². The summed E-state index contributed by atoms with van der Waals surface area (Å²) in [6.07, 6.45) is 2.26. The summed E-state index contributed by atoms with van der Waals surface area (Å²) in [5, 5.41) is 3.66. The Kier molecular flexibility index (Phi) is 3.60. The van der Waals surface area contributed by atoms with Crippen molar-refractivity contribution in [1.82, 2.24) is 19.8 Å². The van der Waals surface area contributed by atoms with Crippen LogP contribution in [0, 0.1) is 6.92 Å². The number of nitrogens with zero attached hydrogens (tertiary/aromatic N) is 3. The van der Waals surface area contributed by atoms with Gasteiger partial charge < -0.3 is 4.52 Å². The number of sulfonamides is 1. The van der Waals surface area contributed by atoms with Crippen LogP contribution in [0.15, 0.2) is 27.9 Å². The number of nitrogens with one attached hydrogen (secondary N) is 1. The lowest BCUT2D eigenvalue weighted by Gasteiger charge is -2.03. The summed E-state index contributed by atoms with van der Waals surface area (Å²) in [6.45, 7) is 1.75. The third-order valence-corrected chi connectivity index (χ3v) is 3.58. The van der Waals surface area contributed by atoms with E-state index >= 15 is 0 Å². The van der Waals surface area contributed by atoms with E-state index in [-0.39, 0.29) is 16.7 Å². The van der Waals surface area contributed by atoms with Gasteiger partial charge in [-0.2, -0.15) is 0 Å². The van der Waals surface area contributed by atoms with Gasteiger partial charge in [0.1, 0.15) is 10.7 Å². The third-order valence-electron chi connectivity index (χ3n) is 2.03. The Morgan fingerprint density at radius 2 is 2.06 bits per heavy atom. The Labute approximate surface area is 108 Å². The fourth-order valence-electron chi connectivity index (χ4n) is 1.19. The zero-order chi connectivity index (χ0) is 13.2. The molecule has 0 unspecified atom stereocenters. The minimum absolute atomic E-state index is 0.0129. The molecule has 18 heavy (non-hydrogen) atoms. The minimum atomic E-state index is -3.68. The van der Waals surface area contributed by atoms with E-state index in [1.165, 1.54) is 0 Å². The van der Waals surface area contributed by atoms with E-state index in [0.717, 1.165) is 12.4 Å². The van der Waals surface area contributed by atoms with Gasteiger partial charge in [0.05, 0.1) is 24.6 Å². The van der Waals surface area contributed by atoms with Crippen molar-refractivity contribution in [3.8, 4) is 0 Å². The molecule has 1 N–H and O–H groups in total. The van der Waals surface area contributed by atoms with E-state index < -0.39 is 10.0 Å². The molecular weight excluding hydrogens is 280 g/mol. The van der Waals surface area contributed by atoms with Gasteiger partial charge in [-0.3, -0.25) is 0 Å². The zero-order valence-corrected chi connectivity index (χ0v) is 10.9. The summed E-state index contributed by atoms with van der Waals surface area (Å²) in [5.74, 6) is 0.610. The molecule has 0 saturated carbocycles. The molecule has 0 atom stereocenters. The summed E-state index contributed by atoms with van der Waals surface area (Å²) in [4.78, 5) is 7.15. The van der Waals surface area contributed by atoms with Gasteiger partial charge in [0.15, 0.2) is 0 Å². The van der Waals surface area contributed by atoms with E-state index in [1.54, 1.807) is 13.0 Å². The lowest BCUT2D eigenvalue weighted by molar-refractivity contribution is 0.390. The fourth-order valence-corrected chi connectivity index (χ4v) is 2.18. The van der Waals surface area contributed by atoms with Crippen LogP contribution in [0.2, 0.25) is 5.28 Å². The van der Waals surface area contributed by atoms with Gasteiger partial charge in [-0.15, -0.1) is 0 Å². The van der Waals surface area contributed by atoms with Crippen molar-refractivity contribution in [3.63, 3.8) is 0 Å². The second-order valence-electron chi connectivity index (χ2n) is 3.44. The maximum atomic E-state index is 11.8. The van der Waals surface area contributed by atoms with Gasteiger partial charge in [0.25, 0.3) is 0 Å². The van der Waals surface area contributed by atoms with Gasteiger partial charge >= 0.3 is 0 Å². The van der Waals surface area contributed by atoms with Crippen molar-refractivity contribution in [3.05, 3.63) is 35.2 Å². The molecule has 0 bridgehead atoms. The van der Waals surface area contributed by atoms with Gasteiger partial charge in [-0.05, 0) is 18.5 Å². The first-order valence-corrected chi connectivity index (χ1v) is 6.73. The molecule has 0 fully saturated rings. The lowest BCUT2D eigenvalue weighted by Crippen LogP contribution is -2.23. The van der Waals surface area contributed by atoms with Crippen LogP contribution in [0.4, 0.5) is 0 Å². The number of hydrogen-bond acceptors (Lipinski definition) is 6. The summed E-state index contributed by atoms with van der Waals surface area (Å²) < 4.78 is 30.8. The Bertz CT molecular complexity index is 638. The molecule has 2 aromatic heterocycles. The van der Waals surface area contributed by atoms with Crippen molar-refractivity contribution in [2.45, 2.75) is 18.4 Å². The molecule has 2 aromatic rings. The molecule has 9 heteroatoms. The topological polar surface area (TPSA) is 98.0 Å². The highest BCUT2D eigenvalue weighted by molar-refractivity contribution is 7.89. The Morgan fingerprint density at radius 1 is 1.39 bits per heavy atom. The molecule has 0 amide bonds. The molecule has 0 aliphatic rings. The monoisotopic (exact) mass is 288 g/mol. The number of halogens is 1. The first-order chi connectivity index (χ1) is 8.47. The molecule has 0 spiro atoms. The molecule has 0 radical (unpaired) electrons. The van der Waals surface area contributed by atoms with Crippen LogP contribution in [0.1, 0.15) is 11.5 Å². The van der Waals surface area contributed by atoms with E-state index in [0.29, 0.717) is 11.5 Å². The van der Waals surface area contributed by atoms with Gasteiger partial charge in [-0.1, -0.05) is 5.16 Å². The maximum Gasteiger partial charge on any atom is 0.244 e. The molecule has 7 nitrogen and oxygen atoms in total. The molecule has 0 aliphatic heterocycles. The molecule has 2 heterocycles. The number of hydrogen-bond donors (Lipinski definition) is 1. The van der Waals surface area contributed by atoms with Crippen LogP contribution >= 0.6 is 11.6 Å². The zero-order valence-electron chi connectivity index (χ0n) is 9.29. The summed E-state index contributed by atoms with van der Waals surface area (Å²) in [7, 11) is -3.68. The third kappa shape index (κ3) is 3.03. The predicted molar refractivity (Wildman–Crippen MR) is 62.3 cm³/mol. The number of aromatic nitrogens is 3. The smallest absolute Gasteiger partial charge is 0.244 e. The van der Waals surface area contributed by atoms with Crippen LogP contribution in [0.3, 0.4) is 0 Å². The molecule has 96 valence electrons. The largest absolute Gasteiger partial charge is 0.361 e. The Morgan fingerprint density at radius 3 is 2.61 bits per heavy atom. The van der Waals surface area contributed by atoms with Crippen molar-refractivity contribution >= 4 is 21.6 Å². The van der Waals surface area contributed by atoms with Gasteiger partial charge in [0, 0.05) is 6.07 Å². The predicted octanol–water partition coefficient (Wildman–Crippen LogP) is 0.905. The molecule has 0 saturated heterocycles. The van der Waals surface area contributed by atoms with E-state index in [2.05, 4.69) is 19.8 Å². The van der Waals surface area contributed by atoms with Crippen LogP contribution < -0.4 is 4.72 Å². The average Bonchev–Trinajstić information content (AvgIpc) is 2.73. The first-order valence-electron chi connectivity index (χ1n) is 4.87. The van der Waals surface area contributed by atoms with Gasteiger partial charge in [0.2, 0.25) is 15.3 Å². The normalized spacial score (nSPS) is 11.7. The number of rotatable bonds is 4. The van der Waals surface area contributed by atoms with Crippen molar-refractivity contribution < 1.29 is 12.9 Å². The highest BCUT2D eigenvalue weighted by Gasteiger charge is 2.15. The molecule has 0 aromatic carbocycles. The van der Waals surface area contributed by atoms with Crippen LogP contribution in [0.5, 0.6) is 0 Å². The first kappa shape index (κ1) is 12.9. The summed E-state index contributed by atoms with van der Waals surface area (Å²) >= 11 is 5.48. The summed E-state index contributed by atoms with van der Waals surface area (Å²) in [5.41, 5.74) is 0.492. The van der Waals surface area contributed by atoms with Crippen molar-refractivity contribution in [2.75, 3.05) is 0 Å². The van der Waals surface area contributed by atoms with Crippen molar-refractivity contribution in [1.29, 1.82) is 0 Å². The van der Waals surface area contributed by atoms with Crippen LogP contribution in [0.25, 0.3) is 0 Å². The highest BCUT2D eigenvalue weighted by atomic mass is 35.5. The van der Waals surface area contributed by atoms with Gasteiger partial charge in [-0.25, -0.2) is 23.1 Å². The van der Waals surface area contributed by atoms with Crippen LogP contribution in [-0.4, -0.2) is 23.5 Å². The lowest BCUT2D eigenvalue weighted by atomic mass is 10.4. The Balaban J connectivity index is 2.10. The standard InChI is InChI=1S/C9H9ClN4O3S/c1-6-2-7(14-17-6)3-13-18(15,16)8-4-11-9(10)12-5-8/h2,4-5,13H,3H2,1H3. The quantitative estimate of drug-likeness (QED) is 0.840. The van der Waals surface area contributed by atoms with E-state index in [1.807, 2.05) is 0 Å². The average molecular weight is 289 g/mol. The second-order valence-corrected chi connectivity index (χ2v) is 5.55. The van der Waals surface area contributed by atoms with Crippen LogP contribution in [-0.2, 0) is 16.6 Å². The SMILES string of the molecule is Cc1cc(CNS(=O)(=O)c2cnc(Cl)nc2)no1. The van der Waals surface area contributed by atoms with Crippen molar-refractivity contribution in [2.24, 2.45) is 0 Å². The highest BCUT2D eigenvalue weighted by Crippen LogP contribution is 2.09. The summed E-state index contributed by atoms with van der Waals surface area (Å²) in [6, 6.07) is 1.64. The molecule has 0 aliphatic carbocycles. The Hall–Kier alpha value is -1.51. The molecular formula is C9H9ClN4O3S. The maximum absolute atomic E-state index is 11.8. The number of aryl methyl sites for hydroxylation is 1. The molecule has 2 rings (SSSR count). The van der Waals surface area contributed by atoms with E-state index in [4.69, 9.17) is 16.1 Å².